The van der Waals surface area contributed by atoms with Gasteiger partial charge in [0.25, 0.3) is 0 Å². The number of nitrogens with zero attached hydrogens (tertiary/aromatic N) is 2. The standard InChI is InChI=1S/C13H17FN2O2S/c1-2-16-11-5-3-4-10(14)13(11)15-12(16)8-19-7-9(18)6-17/h3-5,9,17-18H,2,6-8H2,1H3. The zero-order valence-corrected chi connectivity index (χ0v) is 11.5. The van der Waals surface area contributed by atoms with Gasteiger partial charge in [0.2, 0.25) is 0 Å². The highest BCUT2D eigenvalue weighted by Crippen LogP contribution is 2.22. The first-order chi connectivity index (χ1) is 9.17. The second-order valence-electron chi connectivity index (χ2n) is 4.23. The number of hydrogen-bond acceptors (Lipinski definition) is 4. The lowest BCUT2D eigenvalue weighted by atomic mass is 10.3. The van der Waals surface area contributed by atoms with Crippen molar-refractivity contribution in [2.45, 2.75) is 25.3 Å². The first-order valence-corrected chi connectivity index (χ1v) is 7.33. The summed E-state index contributed by atoms with van der Waals surface area (Å²) in [6, 6.07) is 4.94. The Morgan fingerprint density at radius 1 is 1.47 bits per heavy atom. The first kappa shape index (κ1) is 14.3. The number of benzene rings is 1. The lowest BCUT2D eigenvalue weighted by molar-refractivity contribution is 0.113. The molecule has 0 spiro atoms. The quantitative estimate of drug-likeness (QED) is 0.849. The van der Waals surface area contributed by atoms with Crippen LogP contribution < -0.4 is 0 Å². The van der Waals surface area contributed by atoms with Crippen molar-refractivity contribution in [2.75, 3.05) is 12.4 Å². The Hall–Kier alpha value is -1.11. The molecule has 2 rings (SSSR count). The summed E-state index contributed by atoms with van der Waals surface area (Å²) in [5, 5.41) is 18.0. The van der Waals surface area contributed by atoms with Gasteiger partial charge in [0.1, 0.15) is 11.3 Å². The van der Waals surface area contributed by atoms with Crippen LogP contribution in [0, 0.1) is 5.82 Å². The van der Waals surface area contributed by atoms with Crippen LogP contribution in [0.1, 0.15) is 12.7 Å². The predicted octanol–water partition coefficient (Wildman–Crippen LogP) is 1.78. The number of thioether (sulfide) groups is 1. The van der Waals surface area contributed by atoms with E-state index in [-0.39, 0.29) is 12.4 Å². The Bertz CT molecular complexity index is 559. The Kier molecular flexibility index (Phi) is 4.79. The topological polar surface area (TPSA) is 58.3 Å². The molecule has 104 valence electrons. The molecule has 19 heavy (non-hydrogen) atoms. The molecule has 1 heterocycles. The molecule has 4 nitrogen and oxygen atoms in total. The van der Waals surface area contributed by atoms with Gasteiger partial charge >= 0.3 is 0 Å². The van der Waals surface area contributed by atoms with Crippen molar-refractivity contribution in [1.29, 1.82) is 0 Å². The highest BCUT2D eigenvalue weighted by molar-refractivity contribution is 7.98. The third-order valence-electron chi connectivity index (χ3n) is 2.88. The second kappa shape index (κ2) is 6.36. The Balaban J connectivity index is 2.20. The van der Waals surface area contributed by atoms with E-state index in [0.29, 0.717) is 17.0 Å². The summed E-state index contributed by atoms with van der Waals surface area (Å²) >= 11 is 1.47. The molecule has 0 amide bonds. The molecule has 1 aromatic heterocycles. The van der Waals surface area contributed by atoms with E-state index in [4.69, 9.17) is 5.11 Å². The smallest absolute Gasteiger partial charge is 0.151 e. The van der Waals surface area contributed by atoms with Crippen LogP contribution in [0.25, 0.3) is 11.0 Å². The van der Waals surface area contributed by atoms with E-state index in [0.717, 1.165) is 17.9 Å². The van der Waals surface area contributed by atoms with Crippen LogP contribution in [0.4, 0.5) is 4.39 Å². The predicted molar refractivity (Wildman–Crippen MR) is 74.6 cm³/mol. The number of aromatic nitrogens is 2. The lowest BCUT2D eigenvalue weighted by Gasteiger charge is -2.08. The maximum Gasteiger partial charge on any atom is 0.151 e. The summed E-state index contributed by atoms with van der Waals surface area (Å²) in [6.07, 6.45) is -0.721. The van der Waals surface area contributed by atoms with Gasteiger partial charge in [0.15, 0.2) is 5.82 Å². The van der Waals surface area contributed by atoms with E-state index >= 15 is 0 Å². The average molecular weight is 284 g/mol. The van der Waals surface area contributed by atoms with Crippen molar-refractivity contribution >= 4 is 22.8 Å². The molecule has 0 bridgehead atoms. The minimum absolute atomic E-state index is 0.244. The van der Waals surface area contributed by atoms with E-state index in [1.54, 1.807) is 6.07 Å². The number of fused-ring (bicyclic) bond motifs is 1. The summed E-state index contributed by atoms with van der Waals surface area (Å²) in [7, 11) is 0. The molecule has 2 aromatic rings. The summed E-state index contributed by atoms with van der Waals surface area (Å²) in [4.78, 5) is 4.33. The monoisotopic (exact) mass is 284 g/mol. The molecular formula is C13H17FN2O2S. The molecule has 0 aliphatic carbocycles. The average Bonchev–Trinajstić information content (AvgIpc) is 2.77. The Morgan fingerprint density at radius 2 is 2.26 bits per heavy atom. The number of halogens is 1. The number of aryl methyl sites for hydroxylation is 1. The summed E-state index contributed by atoms with van der Waals surface area (Å²) in [5.74, 6) is 1.49. The van der Waals surface area contributed by atoms with Gasteiger partial charge in [0.05, 0.1) is 24.0 Å². The maximum atomic E-state index is 13.7. The molecule has 2 N–H and O–H groups in total. The minimum atomic E-state index is -0.721. The SMILES string of the molecule is CCn1c(CSCC(O)CO)nc2c(F)cccc21. The maximum absolute atomic E-state index is 13.7. The molecule has 6 heteroatoms. The summed E-state index contributed by atoms with van der Waals surface area (Å²) in [6.45, 7) is 2.47. The molecule has 0 radical (unpaired) electrons. The van der Waals surface area contributed by atoms with Crippen LogP contribution in [0.15, 0.2) is 18.2 Å². The first-order valence-electron chi connectivity index (χ1n) is 6.17. The van der Waals surface area contributed by atoms with Gasteiger partial charge in [-0.25, -0.2) is 9.37 Å². The third-order valence-corrected chi connectivity index (χ3v) is 3.96. The van der Waals surface area contributed by atoms with Gasteiger partial charge < -0.3 is 14.8 Å². The van der Waals surface area contributed by atoms with Gasteiger partial charge in [-0.3, -0.25) is 0 Å². The normalized spacial score (nSPS) is 13.1. The number of para-hydroxylation sites is 1. The van der Waals surface area contributed by atoms with Crippen LogP contribution >= 0.6 is 11.8 Å². The van der Waals surface area contributed by atoms with E-state index in [2.05, 4.69) is 4.98 Å². The molecule has 0 aliphatic heterocycles. The zero-order chi connectivity index (χ0) is 13.8. The highest BCUT2D eigenvalue weighted by atomic mass is 32.2. The molecule has 1 atom stereocenters. The summed E-state index contributed by atoms with van der Waals surface area (Å²) in [5.41, 5.74) is 1.18. The zero-order valence-electron chi connectivity index (χ0n) is 10.7. The summed E-state index contributed by atoms with van der Waals surface area (Å²) < 4.78 is 15.6. The van der Waals surface area contributed by atoms with Crippen molar-refractivity contribution < 1.29 is 14.6 Å². The van der Waals surface area contributed by atoms with Gasteiger partial charge in [-0.2, -0.15) is 11.8 Å². The van der Waals surface area contributed by atoms with Crippen molar-refractivity contribution in [3.05, 3.63) is 29.8 Å². The van der Waals surface area contributed by atoms with Crippen LogP contribution in [0.3, 0.4) is 0 Å². The number of imidazole rings is 1. The van der Waals surface area contributed by atoms with Crippen LogP contribution in [-0.4, -0.2) is 38.2 Å². The van der Waals surface area contributed by atoms with E-state index < -0.39 is 6.10 Å². The highest BCUT2D eigenvalue weighted by Gasteiger charge is 2.13. The molecule has 0 fully saturated rings. The number of hydrogen-bond donors (Lipinski definition) is 2. The number of rotatable bonds is 6. The molecule has 0 aliphatic rings. The minimum Gasteiger partial charge on any atom is -0.394 e. The van der Waals surface area contributed by atoms with Gasteiger partial charge in [-0.05, 0) is 19.1 Å². The fraction of sp³-hybridized carbons (Fsp3) is 0.462. The largest absolute Gasteiger partial charge is 0.394 e. The Morgan fingerprint density at radius 3 is 2.95 bits per heavy atom. The van der Waals surface area contributed by atoms with Gasteiger partial charge in [-0.1, -0.05) is 6.07 Å². The van der Waals surface area contributed by atoms with Crippen LogP contribution in [0.2, 0.25) is 0 Å². The van der Waals surface area contributed by atoms with Crippen LogP contribution in [-0.2, 0) is 12.3 Å². The molecule has 0 saturated carbocycles. The number of aliphatic hydroxyl groups is 2. The van der Waals surface area contributed by atoms with E-state index in [9.17, 15) is 9.50 Å². The second-order valence-corrected chi connectivity index (χ2v) is 5.26. The number of aliphatic hydroxyl groups excluding tert-OH is 2. The van der Waals surface area contributed by atoms with Crippen LogP contribution in [0.5, 0.6) is 0 Å². The molecule has 0 saturated heterocycles. The van der Waals surface area contributed by atoms with Crippen molar-refractivity contribution in [3.8, 4) is 0 Å². The van der Waals surface area contributed by atoms with Gasteiger partial charge in [0, 0.05) is 12.3 Å². The molecule has 1 unspecified atom stereocenters. The van der Waals surface area contributed by atoms with Crippen molar-refractivity contribution in [2.24, 2.45) is 0 Å². The van der Waals surface area contributed by atoms with Crippen molar-refractivity contribution in [1.82, 2.24) is 9.55 Å². The van der Waals surface area contributed by atoms with Crippen molar-refractivity contribution in [3.63, 3.8) is 0 Å². The van der Waals surface area contributed by atoms with E-state index in [1.165, 1.54) is 17.8 Å². The van der Waals surface area contributed by atoms with Gasteiger partial charge in [-0.15, -0.1) is 0 Å². The molecule has 1 aromatic carbocycles. The third kappa shape index (κ3) is 3.08. The fourth-order valence-electron chi connectivity index (χ4n) is 1.96. The lowest BCUT2D eigenvalue weighted by Crippen LogP contribution is -2.15. The molecular weight excluding hydrogens is 267 g/mol. The Labute approximate surface area is 115 Å². The van der Waals surface area contributed by atoms with E-state index in [1.807, 2.05) is 17.6 Å². The fourth-order valence-corrected chi connectivity index (χ4v) is 2.86.